The number of carbonyl (C=O) groups is 2. The molecule has 0 N–H and O–H groups in total. The van der Waals surface area contributed by atoms with Crippen LogP contribution in [0.1, 0.15) is 37.0 Å². The lowest BCUT2D eigenvalue weighted by Crippen LogP contribution is -2.53. The maximum atomic E-state index is 13.1. The second-order valence-electron chi connectivity index (χ2n) is 9.35. The third-order valence-corrected chi connectivity index (χ3v) is 6.58. The van der Waals surface area contributed by atoms with E-state index in [0.29, 0.717) is 11.5 Å². The highest BCUT2D eigenvalue weighted by Crippen LogP contribution is 2.31. The molecular weight excluding hydrogens is 402 g/mol. The summed E-state index contributed by atoms with van der Waals surface area (Å²) in [5.74, 6) is 0.476. The summed E-state index contributed by atoms with van der Waals surface area (Å²) < 4.78 is 5.98. The van der Waals surface area contributed by atoms with Gasteiger partial charge in [0.15, 0.2) is 0 Å². The quantitative estimate of drug-likeness (QED) is 0.694. The van der Waals surface area contributed by atoms with Crippen molar-refractivity contribution in [3.05, 3.63) is 54.1 Å². The van der Waals surface area contributed by atoms with Crippen LogP contribution >= 0.6 is 0 Å². The molecule has 0 radical (unpaired) electrons. The van der Waals surface area contributed by atoms with Crippen molar-refractivity contribution < 1.29 is 14.3 Å². The minimum absolute atomic E-state index is 0.00564. The van der Waals surface area contributed by atoms with Gasteiger partial charge in [-0.1, -0.05) is 24.3 Å². The van der Waals surface area contributed by atoms with Gasteiger partial charge in [0.2, 0.25) is 0 Å². The van der Waals surface area contributed by atoms with E-state index in [1.165, 1.54) is 0 Å². The SMILES string of the molecule is CC(C)N(C(=O)OC1CN2CCC1CC2)c1ccc(-c2ccc(C(=O)N(C)C)cc2)cc1. The molecule has 2 bridgehead atoms. The van der Waals surface area contributed by atoms with Crippen molar-refractivity contribution in [2.75, 3.05) is 38.6 Å². The molecule has 32 heavy (non-hydrogen) atoms. The van der Waals surface area contributed by atoms with E-state index in [-0.39, 0.29) is 24.1 Å². The highest BCUT2D eigenvalue weighted by molar-refractivity contribution is 5.94. The molecular formula is C26H33N3O3. The number of carbonyl (C=O) groups excluding carboxylic acids is 2. The Morgan fingerprint density at radius 1 is 0.938 bits per heavy atom. The van der Waals surface area contributed by atoms with Crippen LogP contribution in [0.5, 0.6) is 0 Å². The zero-order valence-electron chi connectivity index (χ0n) is 19.5. The predicted octanol–water partition coefficient (Wildman–Crippen LogP) is 4.50. The maximum Gasteiger partial charge on any atom is 0.414 e. The molecule has 3 aliphatic heterocycles. The molecule has 3 fully saturated rings. The van der Waals surface area contributed by atoms with Crippen LogP contribution in [0.3, 0.4) is 0 Å². The second kappa shape index (κ2) is 9.33. The normalized spacial score (nSPS) is 22.0. The minimum Gasteiger partial charge on any atom is -0.444 e. The topological polar surface area (TPSA) is 53.1 Å². The first-order valence-corrected chi connectivity index (χ1v) is 11.5. The number of ether oxygens (including phenoxy) is 1. The van der Waals surface area contributed by atoms with Gasteiger partial charge in [0.1, 0.15) is 6.10 Å². The number of hydrogen-bond donors (Lipinski definition) is 0. The first kappa shape index (κ1) is 22.3. The average molecular weight is 436 g/mol. The van der Waals surface area contributed by atoms with Crippen molar-refractivity contribution in [3.8, 4) is 11.1 Å². The molecule has 1 unspecified atom stereocenters. The molecule has 0 spiro atoms. The fourth-order valence-corrected chi connectivity index (χ4v) is 4.72. The third-order valence-electron chi connectivity index (χ3n) is 6.58. The van der Waals surface area contributed by atoms with Crippen LogP contribution in [-0.4, -0.2) is 67.7 Å². The molecule has 0 aliphatic carbocycles. The summed E-state index contributed by atoms with van der Waals surface area (Å²) in [6.07, 6.45) is 1.97. The van der Waals surface area contributed by atoms with Crippen molar-refractivity contribution in [2.24, 2.45) is 5.92 Å². The van der Waals surface area contributed by atoms with Gasteiger partial charge in [-0.25, -0.2) is 4.79 Å². The van der Waals surface area contributed by atoms with Gasteiger partial charge in [-0.15, -0.1) is 0 Å². The van der Waals surface area contributed by atoms with Gasteiger partial charge in [-0.2, -0.15) is 0 Å². The number of hydrogen-bond acceptors (Lipinski definition) is 4. The van der Waals surface area contributed by atoms with Gasteiger partial charge in [-0.05, 0) is 81.1 Å². The molecule has 0 aromatic heterocycles. The Morgan fingerprint density at radius 2 is 1.50 bits per heavy atom. The molecule has 3 saturated heterocycles. The van der Waals surface area contributed by atoms with Crippen molar-refractivity contribution in [1.82, 2.24) is 9.80 Å². The van der Waals surface area contributed by atoms with Gasteiger partial charge < -0.3 is 9.64 Å². The summed E-state index contributed by atoms with van der Waals surface area (Å²) in [5.41, 5.74) is 3.55. The van der Waals surface area contributed by atoms with Crippen molar-refractivity contribution in [3.63, 3.8) is 0 Å². The Balaban J connectivity index is 1.47. The van der Waals surface area contributed by atoms with Crippen LogP contribution in [0.4, 0.5) is 10.5 Å². The molecule has 1 atom stereocenters. The van der Waals surface area contributed by atoms with E-state index < -0.39 is 0 Å². The fraction of sp³-hybridized carbons (Fsp3) is 0.462. The summed E-state index contributed by atoms with van der Waals surface area (Å²) in [6.45, 7) is 7.11. The number of nitrogens with zero attached hydrogens (tertiary/aromatic N) is 3. The smallest absolute Gasteiger partial charge is 0.414 e. The number of anilines is 1. The van der Waals surface area contributed by atoms with Crippen LogP contribution in [0.2, 0.25) is 0 Å². The Morgan fingerprint density at radius 3 is 1.97 bits per heavy atom. The lowest BCUT2D eigenvalue weighted by Gasteiger charge is -2.44. The zero-order chi connectivity index (χ0) is 22.8. The van der Waals surface area contributed by atoms with Gasteiger partial charge in [0.05, 0.1) is 0 Å². The zero-order valence-corrected chi connectivity index (χ0v) is 19.5. The fourth-order valence-electron chi connectivity index (χ4n) is 4.72. The largest absolute Gasteiger partial charge is 0.444 e. The summed E-state index contributed by atoms with van der Waals surface area (Å²) >= 11 is 0. The highest BCUT2D eigenvalue weighted by atomic mass is 16.6. The van der Waals surface area contributed by atoms with E-state index in [1.807, 2.05) is 62.4 Å². The van der Waals surface area contributed by atoms with Crippen LogP contribution < -0.4 is 4.90 Å². The summed E-state index contributed by atoms with van der Waals surface area (Å²) in [6, 6.07) is 15.5. The summed E-state index contributed by atoms with van der Waals surface area (Å²) in [7, 11) is 3.49. The van der Waals surface area contributed by atoms with Crippen LogP contribution in [0, 0.1) is 5.92 Å². The first-order chi connectivity index (χ1) is 15.3. The molecule has 2 aromatic carbocycles. The summed E-state index contributed by atoms with van der Waals surface area (Å²) in [4.78, 5) is 30.9. The minimum atomic E-state index is -0.266. The van der Waals surface area contributed by atoms with Crippen molar-refractivity contribution in [2.45, 2.75) is 38.8 Å². The monoisotopic (exact) mass is 435 g/mol. The Labute approximate surface area is 190 Å². The van der Waals surface area contributed by atoms with Gasteiger partial charge in [0.25, 0.3) is 5.91 Å². The Kier molecular flexibility index (Phi) is 6.51. The van der Waals surface area contributed by atoms with Crippen molar-refractivity contribution >= 4 is 17.7 Å². The number of piperidine rings is 3. The third kappa shape index (κ3) is 4.65. The van der Waals surface area contributed by atoms with E-state index >= 15 is 0 Å². The molecule has 2 amide bonds. The molecule has 170 valence electrons. The second-order valence-corrected chi connectivity index (χ2v) is 9.35. The highest BCUT2D eigenvalue weighted by Gasteiger charge is 2.37. The lowest BCUT2D eigenvalue weighted by atomic mass is 9.86. The number of benzene rings is 2. The average Bonchev–Trinajstić information content (AvgIpc) is 2.80. The maximum absolute atomic E-state index is 13.1. The lowest BCUT2D eigenvalue weighted by molar-refractivity contribution is -0.0313. The molecule has 2 aromatic rings. The van der Waals surface area contributed by atoms with E-state index in [0.717, 1.165) is 49.3 Å². The number of amides is 2. The Hall–Kier alpha value is -2.86. The number of fused-ring (bicyclic) bond motifs is 3. The van der Waals surface area contributed by atoms with Gasteiger partial charge in [-0.3, -0.25) is 14.6 Å². The number of rotatable bonds is 5. The van der Waals surface area contributed by atoms with Gasteiger partial charge in [0, 0.05) is 37.9 Å². The standard InChI is InChI=1S/C26H33N3O3/c1-18(2)29(26(31)32-24-17-28-15-13-21(24)14-16-28)23-11-9-20(10-12-23)19-5-7-22(8-6-19)25(30)27(3)4/h5-12,18,21,24H,13-17H2,1-4H3. The van der Waals surface area contributed by atoms with E-state index in [1.54, 1.807) is 23.9 Å². The molecule has 3 heterocycles. The van der Waals surface area contributed by atoms with E-state index in [4.69, 9.17) is 4.74 Å². The molecule has 0 saturated carbocycles. The van der Waals surface area contributed by atoms with E-state index in [9.17, 15) is 9.59 Å². The molecule has 5 rings (SSSR count). The van der Waals surface area contributed by atoms with Gasteiger partial charge >= 0.3 is 6.09 Å². The summed E-state index contributed by atoms with van der Waals surface area (Å²) in [5, 5.41) is 0. The van der Waals surface area contributed by atoms with Crippen LogP contribution in [0.25, 0.3) is 11.1 Å². The molecule has 6 heteroatoms. The van der Waals surface area contributed by atoms with Crippen molar-refractivity contribution in [1.29, 1.82) is 0 Å². The predicted molar refractivity (Wildman–Crippen MR) is 127 cm³/mol. The van der Waals surface area contributed by atoms with Crippen LogP contribution in [-0.2, 0) is 4.74 Å². The molecule has 3 aliphatic rings. The first-order valence-electron chi connectivity index (χ1n) is 11.5. The van der Waals surface area contributed by atoms with Crippen LogP contribution in [0.15, 0.2) is 48.5 Å². The van der Waals surface area contributed by atoms with E-state index in [2.05, 4.69) is 4.90 Å². The molecule has 6 nitrogen and oxygen atoms in total. The Bertz CT molecular complexity index is 945.